The minimum atomic E-state index is -4.80. The van der Waals surface area contributed by atoms with Crippen molar-refractivity contribution in [1.29, 1.82) is 0 Å². The third-order valence-corrected chi connectivity index (χ3v) is 5.02. The maximum Gasteiger partial charge on any atom is 0.573 e. The first-order chi connectivity index (χ1) is 16.9. The molecule has 188 valence electrons. The largest absolute Gasteiger partial charge is 0.573 e. The molecular weight excluding hydrogens is 475 g/mol. The van der Waals surface area contributed by atoms with Gasteiger partial charge < -0.3 is 25.5 Å². The lowest BCUT2D eigenvalue weighted by molar-refractivity contribution is -0.274. The van der Waals surface area contributed by atoms with E-state index in [0.29, 0.717) is 39.9 Å². The molecule has 0 fully saturated rings. The lowest BCUT2D eigenvalue weighted by Gasteiger charge is -2.14. The molecule has 4 rings (SSSR count). The number of halogens is 3. The van der Waals surface area contributed by atoms with Crippen LogP contribution in [0, 0.1) is 0 Å². The zero-order valence-electron chi connectivity index (χ0n) is 19.9. The van der Waals surface area contributed by atoms with Gasteiger partial charge in [-0.15, -0.1) is 13.2 Å². The van der Waals surface area contributed by atoms with Crippen LogP contribution in [0.25, 0.3) is 22.6 Å². The Morgan fingerprint density at radius 2 is 1.81 bits per heavy atom. The average molecular weight is 499 g/mol. The number of hydrogen-bond acceptors (Lipinski definition) is 8. The number of nitrogens with one attached hydrogen (secondary N) is 2. The van der Waals surface area contributed by atoms with Gasteiger partial charge >= 0.3 is 6.36 Å². The summed E-state index contributed by atoms with van der Waals surface area (Å²) in [6.07, 6.45) is -1.67. The number of hydrogen-bond donors (Lipinski definition) is 3. The van der Waals surface area contributed by atoms with E-state index >= 15 is 0 Å². The molecule has 0 bridgehead atoms. The molecular formula is C24H24F3N7O2. The summed E-state index contributed by atoms with van der Waals surface area (Å²) < 4.78 is 47.0. The normalized spacial score (nSPS) is 11.9. The summed E-state index contributed by atoms with van der Waals surface area (Å²) in [5.74, 6) is 1.18. The lowest BCUT2D eigenvalue weighted by atomic mass is 9.96. The first-order valence-electron chi connectivity index (χ1n) is 10.8. The molecule has 0 spiro atoms. The summed E-state index contributed by atoms with van der Waals surface area (Å²) in [6, 6.07) is 8.84. The molecule has 9 nitrogen and oxygen atoms in total. The molecule has 3 heterocycles. The number of ether oxygens (including phenoxy) is 2. The SMILES string of the molecule is COc1cc(-c2nc(C(C)(C)C)[nH]c2-c2ccnc(Nc3cccc(OC(F)(F)F)c3)n2)cnc1N. The molecule has 0 aliphatic heterocycles. The molecule has 12 heteroatoms. The van der Waals surface area contributed by atoms with Crippen molar-refractivity contribution < 1.29 is 22.6 Å². The lowest BCUT2D eigenvalue weighted by Crippen LogP contribution is -2.17. The van der Waals surface area contributed by atoms with Gasteiger partial charge in [-0.25, -0.2) is 19.9 Å². The highest BCUT2D eigenvalue weighted by Crippen LogP contribution is 2.35. The summed E-state index contributed by atoms with van der Waals surface area (Å²) in [4.78, 5) is 21.1. The first-order valence-corrected chi connectivity index (χ1v) is 10.8. The van der Waals surface area contributed by atoms with Crippen molar-refractivity contribution in [3.05, 3.63) is 54.6 Å². The zero-order valence-corrected chi connectivity index (χ0v) is 19.9. The third-order valence-electron chi connectivity index (χ3n) is 5.02. The Kier molecular flexibility index (Phi) is 6.44. The van der Waals surface area contributed by atoms with Crippen LogP contribution in [0.4, 0.5) is 30.6 Å². The number of aromatic amines is 1. The molecule has 0 aliphatic carbocycles. The van der Waals surface area contributed by atoms with Crippen molar-refractivity contribution >= 4 is 17.5 Å². The van der Waals surface area contributed by atoms with Crippen LogP contribution in [-0.2, 0) is 5.41 Å². The second kappa shape index (κ2) is 9.36. The van der Waals surface area contributed by atoms with Crippen LogP contribution in [0.1, 0.15) is 26.6 Å². The van der Waals surface area contributed by atoms with Gasteiger partial charge in [-0.2, -0.15) is 0 Å². The van der Waals surface area contributed by atoms with E-state index in [9.17, 15) is 13.2 Å². The van der Waals surface area contributed by atoms with Crippen LogP contribution >= 0.6 is 0 Å². The van der Waals surface area contributed by atoms with Crippen LogP contribution in [0.2, 0.25) is 0 Å². The molecule has 0 unspecified atom stereocenters. The number of anilines is 3. The molecule has 0 aliphatic rings. The van der Waals surface area contributed by atoms with Crippen molar-refractivity contribution in [1.82, 2.24) is 24.9 Å². The van der Waals surface area contributed by atoms with Gasteiger partial charge in [-0.1, -0.05) is 26.8 Å². The number of nitrogens with two attached hydrogens (primary N) is 1. The fraction of sp³-hybridized carbons (Fsp3) is 0.250. The van der Waals surface area contributed by atoms with Gasteiger partial charge in [0, 0.05) is 35.1 Å². The summed E-state index contributed by atoms with van der Waals surface area (Å²) in [5, 5.41) is 2.91. The Morgan fingerprint density at radius 3 is 2.50 bits per heavy atom. The average Bonchev–Trinajstić information content (AvgIpc) is 3.25. The molecule has 0 saturated carbocycles. The molecule has 36 heavy (non-hydrogen) atoms. The van der Waals surface area contributed by atoms with Crippen LogP contribution in [-0.4, -0.2) is 38.4 Å². The van der Waals surface area contributed by atoms with E-state index in [-0.39, 0.29) is 22.9 Å². The standard InChI is InChI=1S/C24H24F3N7O2/c1-23(2,3)21-33-18(13-10-17(35-4)20(28)30-12-13)19(34-21)16-8-9-29-22(32-16)31-14-6-5-7-15(11-14)36-24(25,26)27/h5-12H,1-4H3,(H2,28,30)(H,33,34)(H,29,31,32). The third kappa shape index (κ3) is 5.65. The van der Waals surface area contributed by atoms with E-state index in [1.165, 1.54) is 31.5 Å². The van der Waals surface area contributed by atoms with Crippen LogP contribution < -0.4 is 20.5 Å². The molecule has 0 saturated heterocycles. The number of imidazole rings is 1. The molecule has 0 amide bonds. The predicted octanol–water partition coefficient (Wildman–Crippen LogP) is 5.46. The van der Waals surface area contributed by atoms with Gasteiger partial charge in [0.2, 0.25) is 5.95 Å². The van der Waals surface area contributed by atoms with Crippen molar-refractivity contribution in [2.45, 2.75) is 32.5 Å². The summed E-state index contributed by atoms with van der Waals surface area (Å²) in [7, 11) is 1.50. The van der Waals surface area contributed by atoms with E-state index in [4.69, 9.17) is 15.5 Å². The molecule has 3 aromatic heterocycles. The number of nitrogen functional groups attached to an aromatic ring is 1. The Morgan fingerprint density at radius 1 is 1.03 bits per heavy atom. The van der Waals surface area contributed by atoms with E-state index in [1.807, 2.05) is 20.8 Å². The van der Waals surface area contributed by atoms with Gasteiger partial charge in [0.15, 0.2) is 11.6 Å². The number of H-pyrrole nitrogens is 1. The molecule has 4 aromatic rings. The Labute approximate surface area is 204 Å². The molecule has 0 atom stereocenters. The van der Waals surface area contributed by atoms with Crippen molar-refractivity contribution in [3.8, 4) is 34.1 Å². The van der Waals surface area contributed by atoms with E-state index in [2.05, 4.69) is 30.0 Å². The van der Waals surface area contributed by atoms with Crippen molar-refractivity contribution in [3.63, 3.8) is 0 Å². The van der Waals surface area contributed by atoms with Gasteiger partial charge in [-0.3, -0.25) is 0 Å². The fourth-order valence-electron chi connectivity index (χ4n) is 3.33. The van der Waals surface area contributed by atoms with Crippen LogP contribution in [0.3, 0.4) is 0 Å². The van der Waals surface area contributed by atoms with Crippen molar-refractivity contribution in [2.75, 3.05) is 18.2 Å². The highest BCUT2D eigenvalue weighted by Gasteiger charge is 2.31. The Bertz CT molecular complexity index is 1380. The second-order valence-corrected chi connectivity index (χ2v) is 8.84. The van der Waals surface area contributed by atoms with Gasteiger partial charge in [0.25, 0.3) is 0 Å². The molecule has 1 aromatic carbocycles. The number of nitrogens with zero attached hydrogens (tertiary/aromatic N) is 4. The first kappa shape index (κ1) is 24.8. The highest BCUT2D eigenvalue weighted by atomic mass is 19.4. The zero-order chi connectivity index (χ0) is 26.1. The van der Waals surface area contributed by atoms with Gasteiger partial charge in [-0.05, 0) is 24.3 Å². The Balaban J connectivity index is 1.73. The van der Waals surface area contributed by atoms with Crippen LogP contribution in [0.5, 0.6) is 11.5 Å². The van der Waals surface area contributed by atoms with E-state index < -0.39 is 6.36 Å². The number of aromatic nitrogens is 5. The Hall–Kier alpha value is -4.35. The minimum absolute atomic E-state index is 0.169. The molecule has 0 radical (unpaired) electrons. The van der Waals surface area contributed by atoms with Crippen molar-refractivity contribution in [2.24, 2.45) is 0 Å². The number of rotatable bonds is 6. The number of alkyl halides is 3. The van der Waals surface area contributed by atoms with Crippen LogP contribution in [0.15, 0.2) is 48.8 Å². The monoisotopic (exact) mass is 499 g/mol. The van der Waals surface area contributed by atoms with Gasteiger partial charge in [0.05, 0.1) is 24.2 Å². The quantitative estimate of drug-likeness (QED) is 0.320. The highest BCUT2D eigenvalue weighted by molar-refractivity contribution is 5.78. The smallest absolute Gasteiger partial charge is 0.493 e. The predicted molar refractivity (Wildman–Crippen MR) is 129 cm³/mol. The minimum Gasteiger partial charge on any atom is -0.493 e. The van der Waals surface area contributed by atoms with Gasteiger partial charge in [0.1, 0.15) is 11.6 Å². The summed E-state index contributed by atoms with van der Waals surface area (Å²) in [6.45, 7) is 6.05. The number of methoxy groups -OCH3 is 1. The number of pyridine rings is 1. The summed E-state index contributed by atoms with van der Waals surface area (Å²) >= 11 is 0. The maximum atomic E-state index is 12.6. The number of benzene rings is 1. The second-order valence-electron chi connectivity index (χ2n) is 8.84. The fourth-order valence-corrected chi connectivity index (χ4v) is 3.33. The van der Waals surface area contributed by atoms with E-state index in [1.54, 1.807) is 24.4 Å². The maximum absolute atomic E-state index is 12.6. The van der Waals surface area contributed by atoms with E-state index in [0.717, 1.165) is 0 Å². The summed E-state index contributed by atoms with van der Waals surface area (Å²) in [5.41, 5.74) is 8.24. The molecule has 4 N–H and O–H groups in total. The topological polar surface area (TPSA) is 124 Å².